The number of carbonyl (C=O) groups excluding carboxylic acids is 1. The zero-order valence-electron chi connectivity index (χ0n) is 6.94. The Morgan fingerprint density at radius 3 is 2.33 bits per heavy atom. The van der Waals surface area contributed by atoms with Crippen LogP contribution in [0.5, 0.6) is 5.75 Å². The Balaban J connectivity index is 3.04. The van der Waals surface area contributed by atoms with E-state index in [0.29, 0.717) is 0 Å². The molecule has 0 heterocycles. The molecule has 0 amide bonds. The van der Waals surface area contributed by atoms with Gasteiger partial charge in [0.15, 0.2) is 0 Å². The maximum atomic E-state index is 11.8. The highest BCUT2D eigenvalue weighted by molar-refractivity contribution is 6.67. The zero-order valence-corrected chi connectivity index (χ0v) is 8.45. The van der Waals surface area contributed by atoms with Crippen molar-refractivity contribution in [1.29, 1.82) is 0 Å². The SMILES string of the molecule is O=C(Cl)c1cc(Cl)cc(OC(F)(F)F)c1. The Hall–Kier alpha value is -0.940. The van der Waals surface area contributed by atoms with Gasteiger partial charge in [0, 0.05) is 10.6 Å². The minimum Gasteiger partial charge on any atom is -0.406 e. The van der Waals surface area contributed by atoms with Gasteiger partial charge in [-0.15, -0.1) is 13.2 Å². The number of carbonyl (C=O) groups is 1. The summed E-state index contributed by atoms with van der Waals surface area (Å²) in [5.41, 5.74) is -0.164. The van der Waals surface area contributed by atoms with Gasteiger partial charge < -0.3 is 4.74 Å². The fourth-order valence-electron chi connectivity index (χ4n) is 0.869. The average molecular weight is 259 g/mol. The van der Waals surface area contributed by atoms with E-state index in [1.54, 1.807) is 0 Å². The van der Waals surface area contributed by atoms with E-state index in [1.807, 2.05) is 0 Å². The largest absolute Gasteiger partial charge is 0.573 e. The molecule has 0 aliphatic carbocycles. The molecular weight excluding hydrogens is 256 g/mol. The zero-order chi connectivity index (χ0) is 11.6. The number of ether oxygens (including phenoxy) is 1. The summed E-state index contributed by atoms with van der Waals surface area (Å²) in [6.07, 6.45) is -4.84. The van der Waals surface area contributed by atoms with E-state index < -0.39 is 17.4 Å². The third-order valence-corrected chi connectivity index (χ3v) is 1.77. The van der Waals surface area contributed by atoms with E-state index in [2.05, 4.69) is 4.74 Å². The summed E-state index contributed by atoms with van der Waals surface area (Å²) >= 11 is 10.5. The fraction of sp³-hybridized carbons (Fsp3) is 0.125. The predicted octanol–water partition coefficient (Wildman–Crippen LogP) is 3.62. The highest BCUT2D eigenvalue weighted by Gasteiger charge is 2.31. The first kappa shape index (κ1) is 12.1. The first-order chi connectivity index (χ1) is 6.78. The number of hydrogen-bond donors (Lipinski definition) is 0. The van der Waals surface area contributed by atoms with E-state index in [-0.39, 0.29) is 10.6 Å². The van der Waals surface area contributed by atoms with Crippen LogP contribution in [-0.4, -0.2) is 11.6 Å². The maximum Gasteiger partial charge on any atom is 0.573 e. The summed E-state index contributed by atoms with van der Waals surface area (Å²) in [6.45, 7) is 0. The molecule has 0 aliphatic rings. The molecule has 0 bridgehead atoms. The van der Waals surface area contributed by atoms with Crippen LogP contribution in [0.1, 0.15) is 10.4 Å². The number of benzene rings is 1. The molecule has 0 saturated carbocycles. The second-order valence-corrected chi connectivity index (χ2v) is 3.28. The van der Waals surface area contributed by atoms with E-state index in [0.717, 1.165) is 18.2 Å². The molecule has 0 aromatic heterocycles. The third-order valence-electron chi connectivity index (χ3n) is 1.33. The van der Waals surface area contributed by atoms with E-state index in [9.17, 15) is 18.0 Å². The first-order valence-electron chi connectivity index (χ1n) is 3.54. The fourth-order valence-corrected chi connectivity index (χ4v) is 1.20. The molecule has 82 valence electrons. The molecule has 0 atom stereocenters. The Morgan fingerprint density at radius 2 is 1.87 bits per heavy atom. The topological polar surface area (TPSA) is 26.3 Å². The molecule has 1 aromatic rings. The molecule has 0 N–H and O–H groups in total. The monoisotopic (exact) mass is 258 g/mol. The molecule has 1 rings (SSSR count). The second-order valence-electron chi connectivity index (χ2n) is 2.50. The highest BCUT2D eigenvalue weighted by Crippen LogP contribution is 2.27. The highest BCUT2D eigenvalue weighted by atomic mass is 35.5. The van der Waals surface area contributed by atoms with E-state index in [4.69, 9.17) is 23.2 Å². The molecule has 0 unspecified atom stereocenters. The maximum absolute atomic E-state index is 11.8. The van der Waals surface area contributed by atoms with Crippen LogP contribution < -0.4 is 4.74 Å². The van der Waals surface area contributed by atoms with Gasteiger partial charge in [-0.3, -0.25) is 4.79 Å². The van der Waals surface area contributed by atoms with Crippen molar-refractivity contribution < 1.29 is 22.7 Å². The summed E-state index contributed by atoms with van der Waals surface area (Å²) in [4.78, 5) is 10.7. The molecule has 0 radical (unpaired) electrons. The van der Waals surface area contributed by atoms with Crippen molar-refractivity contribution in [3.05, 3.63) is 28.8 Å². The normalized spacial score (nSPS) is 11.3. The third kappa shape index (κ3) is 3.97. The average Bonchev–Trinajstić information content (AvgIpc) is 1.99. The van der Waals surface area contributed by atoms with Gasteiger partial charge in [-0.2, -0.15) is 0 Å². The van der Waals surface area contributed by atoms with Crippen LogP contribution in [0.25, 0.3) is 0 Å². The molecule has 7 heteroatoms. The van der Waals surface area contributed by atoms with Crippen LogP contribution in [0, 0.1) is 0 Å². The van der Waals surface area contributed by atoms with Gasteiger partial charge in [-0.25, -0.2) is 0 Å². The van der Waals surface area contributed by atoms with Crippen molar-refractivity contribution in [2.45, 2.75) is 6.36 Å². The van der Waals surface area contributed by atoms with Gasteiger partial charge in [-0.1, -0.05) is 11.6 Å². The van der Waals surface area contributed by atoms with Crippen LogP contribution >= 0.6 is 23.2 Å². The number of halogens is 5. The first-order valence-corrected chi connectivity index (χ1v) is 4.30. The van der Waals surface area contributed by atoms with Crippen molar-refractivity contribution in [3.8, 4) is 5.75 Å². The van der Waals surface area contributed by atoms with Crippen molar-refractivity contribution in [3.63, 3.8) is 0 Å². The minimum absolute atomic E-state index is 0.0687. The summed E-state index contributed by atoms with van der Waals surface area (Å²) in [5.74, 6) is -0.584. The van der Waals surface area contributed by atoms with Gasteiger partial charge in [0.25, 0.3) is 5.24 Å². The molecule has 0 aliphatic heterocycles. The van der Waals surface area contributed by atoms with Crippen LogP contribution in [0.3, 0.4) is 0 Å². The Morgan fingerprint density at radius 1 is 1.27 bits per heavy atom. The van der Waals surface area contributed by atoms with Crippen molar-refractivity contribution in [2.24, 2.45) is 0 Å². The van der Waals surface area contributed by atoms with Gasteiger partial charge >= 0.3 is 6.36 Å². The van der Waals surface area contributed by atoms with Gasteiger partial charge in [-0.05, 0) is 29.8 Å². The lowest BCUT2D eigenvalue weighted by Crippen LogP contribution is -2.17. The summed E-state index contributed by atoms with van der Waals surface area (Å²) in [6, 6.07) is 2.92. The lowest BCUT2D eigenvalue weighted by Gasteiger charge is -2.09. The standard InChI is InChI=1S/C8H3Cl2F3O2/c9-5-1-4(7(10)14)2-6(3-5)15-8(11,12)13/h1-3H. The predicted molar refractivity (Wildman–Crippen MR) is 48.3 cm³/mol. The van der Waals surface area contributed by atoms with Crippen molar-refractivity contribution in [2.75, 3.05) is 0 Å². The molecule has 15 heavy (non-hydrogen) atoms. The Kier molecular flexibility index (Phi) is 3.46. The van der Waals surface area contributed by atoms with Crippen LogP contribution in [0.4, 0.5) is 13.2 Å². The molecule has 0 fully saturated rings. The van der Waals surface area contributed by atoms with Crippen molar-refractivity contribution in [1.82, 2.24) is 0 Å². The number of rotatable bonds is 2. The van der Waals surface area contributed by atoms with Crippen LogP contribution in [0.2, 0.25) is 5.02 Å². The summed E-state index contributed by atoms with van der Waals surface area (Å²) in [5, 5.41) is -0.981. The number of hydrogen-bond acceptors (Lipinski definition) is 2. The molecule has 0 spiro atoms. The number of alkyl halides is 3. The van der Waals surface area contributed by atoms with Crippen LogP contribution in [0.15, 0.2) is 18.2 Å². The summed E-state index contributed by atoms with van der Waals surface area (Å²) in [7, 11) is 0. The van der Waals surface area contributed by atoms with E-state index in [1.165, 1.54) is 0 Å². The molecule has 1 aromatic carbocycles. The molecule has 2 nitrogen and oxygen atoms in total. The lowest BCUT2D eigenvalue weighted by molar-refractivity contribution is -0.274. The van der Waals surface area contributed by atoms with Gasteiger partial charge in [0.2, 0.25) is 0 Å². The smallest absolute Gasteiger partial charge is 0.406 e. The van der Waals surface area contributed by atoms with Crippen molar-refractivity contribution >= 4 is 28.4 Å². The lowest BCUT2D eigenvalue weighted by atomic mass is 10.2. The minimum atomic E-state index is -4.84. The van der Waals surface area contributed by atoms with Gasteiger partial charge in [0.05, 0.1) is 0 Å². The molecule has 0 saturated heterocycles. The quantitative estimate of drug-likeness (QED) is 0.758. The second kappa shape index (κ2) is 4.28. The summed E-state index contributed by atoms with van der Waals surface area (Å²) < 4.78 is 39.0. The molecular formula is C8H3Cl2F3O2. The van der Waals surface area contributed by atoms with Gasteiger partial charge in [0.1, 0.15) is 5.75 Å². The Bertz CT molecular complexity index is 390. The van der Waals surface area contributed by atoms with E-state index >= 15 is 0 Å². The Labute approximate surface area is 92.5 Å². The van der Waals surface area contributed by atoms with Crippen LogP contribution in [-0.2, 0) is 0 Å².